The number of rotatable bonds is 2. The lowest BCUT2D eigenvalue weighted by Gasteiger charge is -2.43. The molecule has 5 nitrogen and oxygen atoms in total. The number of amides is 1. The van der Waals surface area contributed by atoms with Gasteiger partial charge in [0, 0.05) is 31.7 Å². The minimum atomic E-state index is -0.0150. The Hall–Kier alpha value is -0.650. The molecule has 2 atom stereocenters. The van der Waals surface area contributed by atoms with E-state index in [0.29, 0.717) is 19.3 Å². The normalized spacial score (nSPS) is 33.1. The second kappa shape index (κ2) is 7.07. The summed E-state index contributed by atoms with van der Waals surface area (Å²) in [7, 11) is 0. The molecule has 2 N–H and O–H groups in total. The van der Waals surface area contributed by atoms with Crippen molar-refractivity contribution in [2.24, 2.45) is 11.7 Å². The first-order chi connectivity index (χ1) is 10.3. The van der Waals surface area contributed by atoms with Gasteiger partial charge in [-0.25, -0.2) is 0 Å². The van der Waals surface area contributed by atoms with Crippen LogP contribution in [0.4, 0.5) is 0 Å². The van der Waals surface area contributed by atoms with Crippen molar-refractivity contribution in [3.63, 3.8) is 0 Å². The van der Waals surface area contributed by atoms with Gasteiger partial charge in [0.25, 0.3) is 0 Å². The molecule has 1 saturated carbocycles. The van der Waals surface area contributed by atoms with Crippen molar-refractivity contribution < 1.29 is 9.53 Å². The third-order valence-electron chi connectivity index (χ3n) is 5.43. The summed E-state index contributed by atoms with van der Waals surface area (Å²) in [6.45, 7) is 4.72. The first-order valence-electron chi connectivity index (χ1n) is 8.62. The van der Waals surface area contributed by atoms with Gasteiger partial charge < -0.3 is 15.4 Å². The van der Waals surface area contributed by atoms with E-state index in [1.165, 1.54) is 32.1 Å². The van der Waals surface area contributed by atoms with Crippen LogP contribution in [0.2, 0.25) is 0 Å². The summed E-state index contributed by atoms with van der Waals surface area (Å²) < 4.78 is 5.34. The molecule has 0 aromatic rings. The number of piperidine rings is 1. The van der Waals surface area contributed by atoms with Gasteiger partial charge in [-0.1, -0.05) is 19.3 Å². The summed E-state index contributed by atoms with van der Waals surface area (Å²) in [5, 5.41) is 0. The summed E-state index contributed by atoms with van der Waals surface area (Å²) in [4.78, 5) is 17.3. The van der Waals surface area contributed by atoms with E-state index in [1.54, 1.807) is 0 Å². The standard InChI is InChI=1S/C16H29N3O2/c17-15-6-7-19(13-4-2-1-3-5-13)12-14(15)16(20)18-8-10-21-11-9-18/h13-15H,1-12,17H2/t14-,15-/m1/s1. The molecule has 120 valence electrons. The monoisotopic (exact) mass is 295 g/mol. The van der Waals surface area contributed by atoms with E-state index in [-0.39, 0.29) is 17.9 Å². The van der Waals surface area contributed by atoms with Gasteiger partial charge in [-0.05, 0) is 25.8 Å². The Morgan fingerprint density at radius 1 is 1.00 bits per heavy atom. The largest absolute Gasteiger partial charge is 0.378 e. The van der Waals surface area contributed by atoms with E-state index in [0.717, 1.165) is 32.6 Å². The van der Waals surface area contributed by atoms with E-state index in [9.17, 15) is 4.79 Å². The molecule has 1 aliphatic carbocycles. The summed E-state index contributed by atoms with van der Waals surface area (Å²) in [6.07, 6.45) is 7.61. The van der Waals surface area contributed by atoms with Gasteiger partial charge in [0.15, 0.2) is 0 Å². The molecular formula is C16H29N3O2. The molecule has 3 rings (SSSR count). The average Bonchev–Trinajstić information content (AvgIpc) is 2.56. The fourth-order valence-electron chi connectivity index (χ4n) is 4.05. The van der Waals surface area contributed by atoms with Gasteiger partial charge in [0.2, 0.25) is 5.91 Å². The molecule has 2 saturated heterocycles. The molecule has 2 heterocycles. The van der Waals surface area contributed by atoms with Gasteiger partial charge in [-0.3, -0.25) is 9.69 Å². The van der Waals surface area contributed by atoms with E-state index in [2.05, 4.69) is 4.90 Å². The van der Waals surface area contributed by atoms with Crippen LogP contribution < -0.4 is 5.73 Å². The van der Waals surface area contributed by atoms with Gasteiger partial charge >= 0.3 is 0 Å². The van der Waals surface area contributed by atoms with Crippen LogP contribution in [0.15, 0.2) is 0 Å². The highest BCUT2D eigenvalue weighted by atomic mass is 16.5. The van der Waals surface area contributed by atoms with Crippen LogP contribution in [0.3, 0.4) is 0 Å². The molecule has 21 heavy (non-hydrogen) atoms. The summed E-state index contributed by atoms with van der Waals surface area (Å²) in [6, 6.07) is 0.714. The van der Waals surface area contributed by atoms with Crippen molar-refractivity contribution in [1.29, 1.82) is 0 Å². The number of carbonyl (C=O) groups excluding carboxylic acids is 1. The molecule has 2 aliphatic heterocycles. The van der Waals surface area contributed by atoms with E-state index in [4.69, 9.17) is 10.5 Å². The Labute approximate surface area is 127 Å². The van der Waals surface area contributed by atoms with E-state index < -0.39 is 0 Å². The molecule has 0 unspecified atom stereocenters. The van der Waals surface area contributed by atoms with Crippen LogP contribution in [0.25, 0.3) is 0 Å². The minimum absolute atomic E-state index is 0.0150. The molecule has 5 heteroatoms. The second-order valence-corrected chi connectivity index (χ2v) is 6.78. The van der Waals surface area contributed by atoms with Crippen LogP contribution in [0, 0.1) is 5.92 Å². The molecule has 0 spiro atoms. The highest BCUT2D eigenvalue weighted by molar-refractivity contribution is 5.80. The number of hydrogen-bond acceptors (Lipinski definition) is 4. The second-order valence-electron chi connectivity index (χ2n) is 6.78. The Kier molecular flexibility index (Phi) is 5.14. The Balaban J connectivity index is 1.60. The molecule has 0 aromatic heterocycles. The molecule has 0 aromatic carbocycles. The van der Waals surface area contributed by atoms with Crippen LogP contribution in [-0.4, -0.2) is 67.2 Å². The SMILES string of the molecule is N[C@@H]1CCN(C2CCCCC2)C[C@H]1C(=O)N1CCOCC1. The molecule has 0 bridgehead atoms. The van der Waals surface area contributed by atoms with Gasteiger partial charge in [-0.15, -0.1) is 0 Å². The van der Waals surface area contributed by atoms with Crippen molar-refractivity contribution in [3.05, 3.63) is 0 Å². The Bertz CT molecular complexity index is 351. The molecule has 3 aliphatic rings. The first-order valence-corrected chi connectivity index (χ1v) is 8.62. The first kappa shape index (κ1) is 15.3. The van der Waals surface area contributed by atoms with Crippen molar-refractivity contribution in [3.8, 4) is 0 Å². The highest BCUT2D eigenvalue weighted by Crippen LogP contribution is 2.27. The van der Waals surface area contributed by atoms with E-state index >= 15 is 0 Å². The maximum absolute atomic E-state index is 12.8. The highest BCUT2D eigenvalue weighted by Gasteiger charge is 2.37. The minimum Gasteiger partial charge on any atom is -0.378 e. The summed E-state index contributed by atoms with van der Waals surface area (Å²) >= 11 is 0. The van der Waals surface area contributed by atoms with E-state index in [1.807, 2.05) is 4.90 Å². The van der Waals surface area contributed by atoms with Gasteiger partial charge in [0.05, 0.1) is 19.1 Å². The maximum Gasteiger partial charge on any atom is 0.228 e. The molecule has 0 radical (unpaired) electrons. The zero-order valence-corrected chi connectivity index (χ0v) is 13.0. The van der Waals surface area contributed by atoms with Crippen LogP contribution in [0.1, 0.15) is 38.5 Å². The lowest BCUT2D eigenvalue weighted by atomic mass is 9.87. The average molecular weight is 295 g/mol. The van der Waals surface area contributed by atoms with Crippen molar-refractivity contribution in [2.75, 3.05) is 39.4 Å². The van der Waals surface area contributed by atoms with Crippen molar-refractivity contribution in [1.82, 2.24) is 9.80 Å². The molecular weight excluding hydrogens is 266 g/mol. The smallest absolute Gasteiger partial charge is 0.228 e. The van der Waals surface area contributed by atoms with Crippen LogP contribution in [-0.2, 0) is 9.53 Å². The third kappa shape index (κ3) is 3.58. The Morgan fingerprint density at radius 3 is 2.43 bits per heavy atom. The fourth-order valence-corrected chi connectivity index (χ4v) is 4.05. The van der Waals surface area contributed by atoms with Crippen molar-refractivity contribution >= 4 is 5.91 Å². The third-order valence-corrected chi connectivity index (χ3v) is 5.43. The Morgan fingerprint density at radius 2 is 1.71 bits per heavy atom. The number of nitrogens with two attached hydrogens (primary N) is 1. The summed E-state index contributed by atoms with van der Waals surface area (Å²) in [5.74, 6) is 0.241. The molecule has 3 fully saturated rings. The van der Waals surface area contributed by atoms with Gasteiger partial charge in [-0.2, -0.15) is 0 Å². The van der Waals surface area contributed by atoms with Crippen LogP contribution in [0.5, 0.6) is 0 Å². The number of ether oxygens (including phenoxy) is 1. The predicted molar refractivity (Wildman–Crippen MR) is 81.9 cm³/mol. The zero-order chi connectivity index (χ0) is 14.7. The van der Waals surface area contributed by atoms with Crippen molar-refractivity contribution in [2.45, 2.75) is 50.6 Å². The topological polar surface area (TPSA) is 58.8 Å². The molecule has 1 amide bonds. The number of likely N-dealkylation sites (tertiary alicyclic amines) is 1. The van der Waals surface area contributed by atoms with Crippen LogP contribution >= 0.6 is 0 Å². The lowest BCUT2D eigenvalue weighted by molar-refractivity contribution is -0.142. The number of carbonyl (C=O) groups is 1. The quantitative estimate of drug-likeness (QED) is 0.820. The number of morpholine rings is 1. The van der Waals surface area contributed by atoms with Gasteiger partial charge in [0.1, 0.15) is 0 Å². The predicted octanol–water partition coefficient (Wildman–Crippen LogP) is 0.827. The number of nitrogens with zero attached hydrogens (tertiary/aromatic N) is 2. The summed E-state index contributed by atoms with van der Waals surface area (Å²) in [5.41, 5.74) is 6.27. The number of hydrogen-bond donors (Lipinski definition) is 1. The maximum atomic E-state index is 12.8. The fraction of sp³-hybridized carbons (Fsp3) is 0.938. The zero-order valence-electron chi connectivity index (χ0n) is 13.0. The lowest BCUT2D eigenvalue weighted by Crippen LogP contribution is -2.57.